The Morgan fingerprint density at radius 1 is 0.731 bits per heavy atom. The van der Waals surface area contributed by atoms with Gasteiger partial charge in [-0.15, -0.1) is 0 Å². The van der Waals surface area contributed by atoms with E-state index in [1.54, 1.807) is 0 Å². The lowest BCUT2D eigenvalue weighted by Gasteiger charge is -2.16. The van der Waals surface area contributed by atoms with E-state index in [2.05, 4.69) is 0 Å². The summed E-state index contributed by atoms with van der Waals surface area (Å²) < 4.78 is 12.0. The van der Waals surface area contributed by atoms with Crippen molar-refractivity contribution in [2.45, 2.75) is 19.6 Å². The van der Waals surface area contributed by atoms with Crippen LogP contribution in [0.3, 0.4) is 0 Å². The molecule has 4 heteroatoms. The van der Waals surface area contributed by atoms with Gasteiger partial charge in [0.2, 0.25) is 0 Å². The minimum atomic E-state index is 0.425. The fraction of sp³-hybridized carbons (Fsp3) is 0.182. The molecule has 3 nitrogen and oxygen atoms in total. The molecule has 0 spiro atoms. The summed E-state index contributed by atoms with van der Waals surface area (Å²) in [7, 11) is 0. The van der Waals surface area contributed by atoms with Gasteiger partial charge in [0.15, 0.2) is 11.5 Å². The molecule has 2 N–H and O–H groups in total. The zero-order valence-electron chi connectivity index (χ0n) is 14.5. The van der Waals surface area contributed by atoms with Crippen molar-refractivity contribution in [3.05, 3.63) is 94.5 Å². The first-order valence-electron chi connectivity index (χ1n) is 8.63. The summed E-state index contributed by atoms with van der Waals surface area (Å²) >= 11 is 6.58. The Hall–Kier alpha value is -2.49. The van der Waals surface area contributed by atoms with E-state index >= 15 is 0 Å². The average Bonchev–Trinajstić information content (AvgIpc) is 2.69. The minimum Gasteiger partial charge on any atom is -0.485 e. The van der Waals surface area contributed by atoms with E-state index in [1.165, 1.54) is 0 Å². The number of hydrogen-bond acceptors (Lipinski definition) is 3. The van der Waals surface area contributed by atoms with E-state index in [-0.39, 0.29) is 0 Å². The van der Waals surface area contributed by atoms with Crippen molar-refractivity contribution < 1.29 is 9.47 Å². The minimum absolute atomic E-state index is 0.425. The van der Waals surface area contributed by atoms with Crippen molar-refractivity contribution in [1.29, 1.82) is 0 Å². The summed E-state index contributed by atoms with van der Waals surface area (Å²) in [6.07, 6.45) is 0.694. The second kappa shape index (κ2) is 9.27. The molecule has 0 bridgehead atoms. The van der Waals surface area contributed by atoms with Crippen molar-refractivity contribution in [1.82, 2.24) is 0 Å². The van der Waals surface area contributed by atoms with Crippen LogP contribution in [0, 0.1) is 0 Å². The number of ether oxygens (including phenoxy) is 2. The van der Waals surface area contributed by atoms with Gasteiger partial charge in [-0.25, -0.2) is 0 Å². The van der Waals surface area contributed by atoms with Crippen LogP contribution in [-0.4, -0.2) is 6.54 Å². The van der Waals surface area contributed by atoms with Crippen molar-refractivity contribution in [2.75, 3.05) is 6.54 Å². The number of benzene rings is 3. The number of hydrogen-bond donors (Lipinski definition) is 1. The van der Waals surface area contributed by atoms with Crippen molar-refractivity contribution in [3.63, 3.8) is 0 Å². The molecule has 3 rings (SSSR count). The fourth-order valence-electron chi connectivity index (χ4n) is 2.64. The molecule has 0 saturated carbocycles. The Morgan fingerprint density at radius 2 is 1.31 bits per heavy atom. The molecular formula is C22H22ClNO2. The van der Waals surface area contributed by atoms with Gasteiger partial charge in [0.25, 0.3) is 0 Å². The summed E-state index contributed by atoms with van der Waals surface area (Å²) in [4.78, 5) is 0. The van der Waals surface area contributed by atoms with E-state index in [9.17, 15) is 0 Å². The fourth-order valence-corrected chi connectivity index (χ4v) is 2.95. The third kappa shape index (κ3) is 4.78. The Bertz CT molecular complexity index is 822. The molecule has 0 amide bonds. The first-order chi connectivity index (χ1) is 12.8. The molecule has 0 aliphatic rings. The SMILES string of the molecule is NCCc1ccc(OCc2ccccc2)c(OCc2ccccc2)c1Cl. The van der Waals surface area contributed by atoms with E-state index in [4.69, 9.17) is 26.8 Å². The lowest BCUT2D eigenvalue weighted by Crippen LogP contribution is -2.06. The van der Waals surface area contributed by atoms with Gasteiger partial charge in [-0.2, -0.15) is 0 Å². The third-order valence-corrected chi connectivity index (χ3v) is 4.43. The maximum absolute atomic E-state index is 6.58. The zero-order valence-corrected chi connectivity index (χ0v) is 15.3. The number of rotatable bonds is 8. The van der Waals surface area contributed by atoms with E-state index in [0.717, 1.165) is 16.7 Å². The molecule has 0 unspecified atom stereocenters. The van der Waals surface area contributed by atoms with Gasteiger partial charge >= 0.3 is 0 Å². The van der Waals surface area contributed by atoms with Gasteiger partial charge in [0, 0.05) is 0 Å². The number of nitrogens with two attached hydrogens (primary N) is 1. The van der Waals surface area contributed by atoms with Crippen LogP contribution >= 0.6 is 11.6 Å². The smallest absolute Gasteiger partial charge is 0.180 e. The Balaban J connectivity index is 1.81. The molecule has 3 aromatic rings. The molecule has 0 fully saturated rings. The molecule has 134 valence electrons. The highest BCUT2D eigenvalue weighted by atomic mass is 35.5. The average molecular weight is 368 g/mol. The van der Waals surface area contributed by atoms with Crippen molar-refractivity contribution >= 4 is 11.6 Å². The molecule has 0 heterocycles. The Morgan fingerprint density at radius 3 is 1.88 bits per heavy atom. The van der Waals surface area contributed by atoms with E-state index in [1.807, 2.05) is 72.8 Å². The zero-order chi connectivity index (χ0) is 18.2. The van der Waals surface area contributed by atoms with Crippen LogP contribution in [0.4, 0.5) is 0 Å². The number of halogens is 1. The monoisotopic (exact) mass is 367 g/mol. The first kappa shape index (κ1) is 18.3. The highest BCUT2D eigenvalue weighted by Crippen LogP contribution is 2.39. The molecule has 0 aliphatic carbocycles. The maximum atomic E-state index is 6.58. The highest BCUT2D eigenvalue weighted by Gasteiger charge is 2.15. The van der Waals surface area contributed by atoms with Crippen LogP contribution in [0.2, 0.25) is 5.02 Å². The molecule has 0 radical (unpaired) electrons. The van der Waals surface area contributed by atoms with Crippen LogP contribution in [0.25, 0.3) is 0 Å². The topological polar surface area (TPSA) is 44.5 Å². The van der Waals surface area contributed by atoms with Gasteiger partial charge in [-0.3, -0.25) is 0 Å². The summed E-state index contributed by atoms with van der Waals surface area (Å²) in [5.41, 5.74) is 8.81. The standard InChI is InChI=1S/C22H22ClNO2/c23-21-19(13-14-24)11-12-20(25-15-17-7-3-1-4-8-17)22(21)26-16-18-9-5-2-6-10-18/h1-12H,13-16,24H2. The van der Waals surface area contributed by atoms with Gasteiger partial charge in [-0.05, 0) is 35.7 Å². The summed E-state index contributed by atoms with van der Waals surface area (Å²) in [6, 6.07) is 23.8. The predicted octanol–water partition coefficient (Wildman–Crippen LogP) is 5.00. The van der Waals surface area contributed by atoms with Gasteiger partial charge in [0.1, 0.15) is 13.2 Å². The van der Waals surface area contributed by atoms with E-state index in [0.29, 0.717) is 42.7 Å². The Labute approximate surface area is 159 Å². The van der Waals surface area contributed by atoms with Crippen LogP contribution in [0.5, 0.6) is 11.5 Å². The molecule has 3 aromatic carbocycles. The summed E-state index contributed by atoms with van der Waals surface area (Å²) in [5.74, 6) is 1.20. The molecule has 0 aromatic heterocycles. The predicted molar refractivity (Wildman–Crippen MR) is 106 cm³/mol. The third-order valence-electron chi connectivity index (χ3n) is 4.02. The molecular weight excluding hydrogens is 346 g/mol. The van der Waals surface area contributed by atoms with Gasteiger partial charge in [-0.1, -0.05) is 78.3 Å². The molecule has 0 saturated heterocycles. The van der Waals surface area contributed by atoms with Crippen LogP contribution < -0.4 is 15.2 Å². The quantitative estimate of drug-likeness (QED) is 0.609. The highest BCUT2D eigenvalue weighted by molar-refractivity contribution is 6.33. The second-order valence-corrected chi connectivity index (χ2v) is 6.33. The van der Waals surface area contributed by atoms with E-state index < -0.39 is 0 Å². The summed E-state index contributed by atoms with van der Waals surface area (Å²) in [5, 5.41) is 0.567. The normalized spacial score (nSPS) is 10.5. The molecule has 0 aliphatic heterocycles. The first-order valence-corrected chi connectivity index (χ1v) is 9.00. The van der Waals surface area contributed by atoms with Crippen molar-refractivity contribution in [3.8, 4) is 11.5 Å². The lowest BCUT2D eigenvalue weighted by molar-refractivity contribution is 0.256. The molecule has 26 heavy (non-hydrogen) atoms. The lowest BCUT2D eigenvalue weighted by atomic mass is 10.1. The Kier molecular flexibility index (Phi) is 6.53. The second-order valence-electron chi connectivity index (χ2n) is 5.95. The molecule has 0 atom stereocenters. The maximum Gasteiger partial charge on any atom is 0.180 e. The van der Waals surface area contributed by atoms with Crippen LogP contribution in [0.15, 0.2) is 72.8 Å². The van der Waals surface area contributed by atoms with Crippen LogP contribution in [0.1, 0.15) is 16.7 Å². The van der Waals surface area contributed by atoms with Crippen molar-refractivity contribution in [2.24, 2.45) is 5.73 Å². The van der Waals surface area contributed by atoms with Gasteiger partial charge in [0.05, 0.1) is 5.02 Å². The summed E-state index contributed by atoms with van der Waals surface area (Å²) in [6.45, 7) is 1.41. The van der Waals surface area contributed by atoms with Gasteiger partial charge < -0.3 is 15.2 Å². The van der Waals surface area contributed by atoms with Crippen LogP contribution in [-0.2, 0) is 19.6 Å². The largest absolute Gasteiger partial charge is 0.485 e.